The quantitative estimate of drug-likeness (QED) is 0.798. The Kier molecular flexibility index (Phi) is 3.64. The molecule has 0 aliphatic rings. The van der Waals surface area contributed by atoms with E-state index in [-0.39, 0.29) is 0 Å². The van der Waals surface area contributed by atoms with Crippen LogP contribution in [0, 0.1) is 6.92 Å². The zero-order chi connectivity index (χ0) is 14.7. The number of aromatic nitrogens is 4. The average molecular weight is 279 g/mol. The van der Waals surface area contributed by atoms with E-state index in [0.29, 0.717) is 12.5 Å². The van der Waals surface area contributed by atoms with E-state index in [2.05, 4.69) is 32.5 Å². The van der Waals surface area contributed by atoms with Crippen molar-refractivity contribution in [2.24, 2.45) is 7.05 Å². The van der Waals surface area contributed by atoms with Crippen LogP contribution in [0.4, 0.5) is 5.95 Å². The van der Waals surface area contributed by atoms with Gasteiger partial charge in [-0.3, -0.25) is 4.68 Å². The van der Waals surface area contributed by atoms with Crippen molar-refractivity contribution in [1.29, 1.82) is 0 Å². The first-order chi connectivity index (χ1) is 10.2. The van der Waals surface area contributed by atoms with Crippen LogP contribution in [0.25, 0.3) is 11.3 Å². The summed E-state index contributed by atoms with van der Waals surface area (Å²) in [6, 6.07) is 10.2. The van der Waals surface area contributed by atoms with Crippen LogP contribution < -0.4 is 5.32 Å². The second kappa shape index (κ2) is 5.75. The van der Waals surface area contributed by atoms with Crippen LogP contribution in [0.2, 0.25) is 0 Å². The molecule has 0 fully saturated rings. The maximum Gasteiger partial charge on any atom is 0.222 e. The minimum atomic E-state index is 0.628. The van der Waals surface area contributed by atoms with Crippen LogP contribution in [0.3, 0.4) is 0 Å². The van der Waals surface area contributed by atoms with Crippen LogP contribution in [0.5, 0.6) is 0 Å². The Bertz CT molecular complexity index is 716. The molecule has 3 rings (SSSR count). The van der Waals surface area contributed by atoms with Gasteiger partial charge < -0.3 is 5.32 Å². The second-order valence-electron chi connectivity index (χ2n) is 4.98. The molecule has 0 bridgehead atoms. The molecule has 0 aliphatic carbocycles. The number of hydrogen-bond acceptors (Lipinski definition) is 4. The van der Waals surface area contributed by atoms with E-state index < -0.39 is 0 Å². The monoisotopic (exact) mass is 279 g/mol. The summed E-state index contributed by atoms with van der Waals surface area (Å²) in [7, 11) is 1.93. The van der Waals surface area contributed by atoms with Crippen molar-refractivity contribution < 1.29 is 0 Å². The van der Waals surface area contributed by atoms with Gasteiger partial charge in [-0.1, -0.05) is 30.3 Å². The number of nitrogens with zero attached hydrogens (tertiary/aromatic N) is 4. The summed E-state index contributed by atoms with van der Waals surface area (Å²) in [4.78, 5) is 8.51. The van der Waals surface area contributed by atoms with Gasteiger partial charge in [-0.05, 0) is 12.5 Å². The highest BCUT2D eigenvalue weighted by molar-refractivity contribution is 5.62. The lowest BCUT2D eigenvalue weighted by Gasteiger charge is -2.05. The molecule has 2 heterocycles. The number of aryl methyl sites for hydroxylation is 2. The summed E-state index contributed by atoms with van der Waals surface area (Å²) in [5, 5.41) is 7.78. The Hall–Kier alpha value is -2.69. The van der Waals surface area contributed by atoms with Crippen molar-refractivity contribution in [2.75, 3.05) is 5.32 Å². The summed E-state index contributed by atoms with van der Waals surface area (Å²) in [5.41, 5.74) is 4.26. The largest absolute Gasteiger partial charge is 0.350 e. The fourth-order valence-corrected chi connectivity index (χ4v) is 2.16. The molecule has 1 aromatic carbocycles. The molecule has 21 heavy (non-hydrogen) atoms. The number of anilines is 1. The van der Waals surface area contributed by atoms with Gasteiger partial charge in [0.25, 0.3) is 0 Å². The first-order valence-electron chi connectivity index (χ1n) is 6.83. The molecule has 5 nitrogen and oxygen atoms in total. The molecule has 1 N–H and O–H groups in total. The zero-order valence-electron chi connectivity index (χ0n) is 12.1. The molecule has 0 amide bonds. The second-order valence-corrected chi connectivity index (χ2v) is 4.98. The number of nitrogens with one attached hydrogen (secondary N) is 1. The van der Waals surface area contributed by atoms with Gasteiger partial charge in [-0.15, -0.1) is 0 Å². The molecule has 0 atom stereocenters. The number of benzene rings is 1. The van der Waals surface area contributed by atoms with Crippen LogP contribution in [-0.4, -0.2) is 19.7 Å². The Morgan fingerprint density at radius 1 is 1.10 bits per heavy atom. The predicted octanol–water partition coefficient (Wildman–Crippen LogP) is 2.80. The third kappa shape index (κ3) is 3.08. The molecule has 106 valence electrons. The molecule has 3 aromatic rings. The molecule has 0 aliphatic heterocycles. The summed E-state index contributed by atoms with van der Waals surface area (Å²) in [6.45, 7) is 2.61. The van der Waals surface area contributed by atoms with Crippen LogP contribution in [-0.2, 0) is 13.6 Å². The van der Waals surface area contributed by atoms with Gasteiger partial charge in [-0.2, -0.15) is 5.10 Å². The molecule has 2 aromatic heterocycles. The first kappa shape index (κ1) is 13.3. The van der Waals surface area contributed by atoms with Gasteiger partial charge in [-0.25, -0.2) is 9.97 Å². The Labute approximate surface area is 123 Å². The summed E-state index contributed by atoms with van der Waals surface area (Å²) in [5.74, 6) is 0.628. The van der Waals surface area contributed by atoms with Gasteiger partial charge in [0.15, 0.2) is 0 Å². The van der Waals surface area contributed by atoms with E-state index in [1.54, 1.807) is 12.4 Å². The third-order valence-electron chi connectivity index (χ3n) is 3.17. The third-order valence-corrected chi connectivity index (χ3v) is 3.17. The SMILES string of the molecule is Cc1cnc(NCc2cn(C)nc2-c2ccccc2)nc1. The maximum absolute atomic E-state index is 4.54. The van der Waals surface area contributed by atoms with Gasteiger partial charge in [0.05, 0.1) is 5.69 Å². The molecule has 5 heteroatoms. The maximum atomic E-state index is 4.54. The molecule has 0 saturated heterocycles. The zero-order valence-corrected chi connectivity index (χ0v) is 12.1. The van der Waals surface area contributed by atoms with Crippen LogP contribution in [0.15, 0.2) is 48.9 Å². The van der Waals surface area contributed by atoms with Crippen molar-refractivity contribution in [1.82, 2.24) is 19.7 Å². The highest BCUT2D eigenvalue weighted by Crippen LogP contribution is 2.22. The molecular weight excluding hydrogens is 262 g/mol. The molecule has 0 radical (unpaired) electrons. The minimum absolute atomic E-state index is 0.628. The smallest absolute Gasteiger partial charge is 0.222 e. The Morgan fingerprint density at radius 2 is 1.81 bits per heavy atom. The lowest BCUT2D eigenvalue weighted by Crippen LogP contribution is -2.03. The number of rotatable bonds is 4. The minimum Gasteiger partial charge on any atom is -0.350 e. The van der Waals surface area contributed by atoms with Gasteiger partial charge >= 0.3 is 0 Å². The van der Waals surface area contributed by atoms with Crippen molar-refractivity contribution >= 4 is 5.95 Å². The molecule has 0 saturated carbocycles. The highest BCUT2D eigenvalue weighted by atomic mass is 15.3. The van der Waals surface area contributed by atoms with Crippen molar-refractivity contribution in [2.45, 2.75) is 13.5 Å². The van der Waals surface area contributed by atoms with Gasteiger partial charge in [0.2, 0.25) is 5.95 Å². The fourth-order valence-electron chi connectivity index (χ4n) is 2.16. The summed E-state index contributed by atoms with van der Waals surface area (Å²) in [6.07, 6.45) is 5.62. The number of hydrogen-bond donors (Lipinski definition) is 1. The standard InChI is InChI=1S/C16H17N5/c1-12-8-17-16(18-9-12)19-10-14-11-21(2)20-15(14)13-6-4-3-5-7-13/h3-9,11H,10H2,1-2H3,(H,17,18,19). The van der Waals surface area contributed by atoms with Gasteiger partial charge in [0, 0.05) is 43.3 Å². The topological polar surface area (TPSA) is 55.6 Å². The molecule has 0 unspecified atom stereocenters. The van der Waals surface area contributed by atoms with E-state index in [9.17, 15) is 0 Å². The Balaban J connectivity index is 1.81. The van der Waals surface area contributed by atoms with E-state index in [4.69, 9.17) is 0 Å². The van der Waals surface area contributed by atoms with Crippen molar-refractivity contribution in [3.05, 3.63) is 60.0 Å². The van der Waals surface area contributed by atoms with E-state index >= 15 is 0 Å². The lowest BCUT2D eigenvalue weighted by atomic mass is 10.1. The van der Waals surface area contributed by atoms with E-state index in [1.165, 1.54) is 0 Å². The van der Waals surface area contributed by atoms with Crippen molar-refractivity contribution in [3.8, 4) is 11.3 Å². The van der Waals surface area contributed by atoms with Gasteiger partial charge in [0.1, 0.15) is 0 Å². The molecular formula is C16H17N5. The van der Waals surface area contributed by atoms with Crippen LogP contribution in [0.1, 0.15) is 11.1 Å². The van der Waals surface area contributed by atoms with Crippen LogP contribution >= 0.6 is 0 Å². The van der Waals surface area contributed by atoms with E-state index in [1.807, 2.05) is 43.0 Å². The fraction of sp³-hybridized carbons (Fsp3) is 0.188. The first-order valence-corrected chi connectivity index (χ1v) is 6.83. The summed E-state index contributed by atoms with van der Waals surface area (Å²) < 4.78 is 1.83. The predicted molar refractivity (Wildman–Crippen MR) is 82.7 cm³/mol. The highest BCUT2D eigenvalue weighted by Gasteiger charge is 2.10. The van der Waals surface area contributed by atoms with Crippen molar-refractivity contribution in [3.63, 3.8) is 0 Å². The normalized spacial score (nSPS) is 10.6. The lowest BCUT2D eigenvalue weighted by molar-refractivity contribution is 0.770. The average Bonchev–Trinajstić information content (AvgIpc) is 2.89. The van der Waals surface area contributed by atoms with E-state index in [0.717, 1.165) is 22.4 Å². The Morgan fingerprint density at radius 3 is 2.52 bits per heavy atom. The summed E-state index contributed by atoms with van der Waals surface area (Å²) >= 11 is 0. The molecule has 0 spiro atoms.